The summed E-state index contributed by atoms with van der Waals surface area (Å²) in [4.78, 5) is 23.6. The minimum atomic E-state index is -1.05. The zero-order chi connectivity index (χ0) is 27.3. The van der Waals surface area contributed by atoms with E-state index in [0.29, 0.717) is 18.8 Å². The molecule has 0 bridgehead atoms. The second-order valence-electron chi connectivity index (χ2n) is 7.68. The van der Waals surface area contributed by atoms with E-state index < -0.39 is 23.1 Å². The van der Waals surface area contributed by atoms with Gasteiger partial charge in [-0.15, -0.1) is 6.42 Å². The van der Waals surface area contributed by atoms with Gasteiger partial charge in [-0.2, -0.15) is 0 Å². The Hall–Kier alpha value is -4.06. The van der Waals surface area contributed by atoms with E-state index in [1.54, 1.807) is 24.3 Å². The number of aliphatic hydroxyl groups is 2. The number of halogens is 1. The van der Waals surface area contributed by atoms with E-state index in [-0.39, 0.29) is 31.8 Å². The molecule has 2 aromatic carbocycles. The highest BCUT2D eigenvalue weighted by molar-refractivity contribution is 9.12. The van der Waals surface area contributed by atoms with Gasteiger partial charge in [0.2, 0.25) is 0 Å². The third-order valence-electron chi connectivity index (χ3n) is 4.65. The molecule has 0 atom stereocenters. The Morgan fingerprint density at radius 3 is 1.47 bits per heavy atom. The summed E-state index contributed by atoms with van der Waals surface area (Å²) in [6.45, 7) is 1.02. The van der Waals surface area contributed by atoms with Crippen LogP contribution in [0.5, 0.6) is 0 Å². The second kappa shape index (κ2) is 15.3. The maximum Gasteiger partial charge on any atom is 0.335 e. The molecule has 9 heteroatoms. The van der Waals surface area contributed by atoms with Crippen molar-refractivity contribution in [1.29, 1.82) is 0 Å². The molecule has 0 unspecified atom stereocenters. The lowest BCUT2D eigenvalue weighted by Gasteiger charge is -2.30. The van der Waals surface area contributed by atoms with E-state index in [0.717, 1.165) is 5.56 Å². The maximum absolute atomic E-state index is 10.6. The summed E-state index contributed by atoms with van der Waals surface area (Å²) >= 11 is 2.96. The smallest absolute Gasteiger partial charge is 0.335 e. The number of carbonyl (C=O) groups is 2. The van der Waals surface area contributed by atoms with Gasteiger partial charge in [-0.1, -0.05) is 25.2 Å². The third-order valence-corrected chi connectivity index (χ3v) is 4.85. The zero-order valence-corrected chi connectivity index (χ0v) is 20.9. The van der Waals surface area contributed by atoms with Crippen molar-refractivity contribution >= 4 is 27.9 Å². The lowest BCUT2D eigenvalue weighted by Crippen LogP contribution is -2.48. The van der Waals surface area contributed by atoms with Crippen LogP contribution in [0.4, 0.5) is 0 Å². The molecule has 0 radical (unpaired) electrons. The van der Waals surface area contributed by atoms with Crippen LogP contribution < -0.4 is 0 Å². The molecule has 2 heterocycles. The lowest BCUT2D eigenvalue weighted by atomic mass is 10.0. The van der Waals surface area contributed by atoms with Crippen LogP contribution in [-0.4, -0.2) is 70.0 Å². The highest BCUT2D eigenvalue weighted by atomic mass is 79.9. The first kappa shape index (κ1) is 32.0. The van der Waals surface area contributed by atoms with Gasteiger partial charge in [0.25, 0.3) is 0 Å². The number of hydrogen-bond donors (Lipinski definition) is 4. The third kappa shape index (κ3) is 10.5. The van der Waals surface area contributed by atoms with Crippen molar-refractivity contribution in [1.82, 2.24) is 0 Å². The Morgan fingerprint density at radius 1 is 0.763 bits per heavy atom. The topological polar surface area (TPSA) is 134 Å². The summed E-state index contributed by atoms with van der Waals surface area (Å²) in [5.41, 5.74) is -0.0346. The normalized spacial score (nSPS) is 14.6. The molecule has 2 aliphatic heterocycles. The first-order chi connectivity index (χ1) is 17.6. The van der Waals surface area contributed by atoms with Crippen molar-refractivity contribution in [2.75, 3.05) is 26.4 Å². The molecule has 196 valence electrons. The monoisotopic (exact) mass is 580 g/mol. The molecule has 2 aliphatic rings. The number of carboxylic acid groups (broad SMARTS) is 2. The van der Waals surface area contributed by atoms with Gasteiger partial charge in [0.15, 0.2) is 11.2 Å². The second-order valence-corrected chi connectivity index (χ2v) is 8.07. The lowest BCUT2D eigenvalue weighted by molar-refractivity contribution is -0.140. The standard InChI is InChI=1S/C14H10O4.C9H5BrO2.C5H6O2.CH4/c15-13(16)12-6-4-11(5-7-12)3-1-2-8-14(17)9-18-10-14;10-6-5-7-1-3-8(4-2-7)9(11)12;1-2-5(6)3-7-4-5;/h4-7,17H,9-10H2,(H,15,16);1-4H,(H,11,12);1,6H,3-4H2;1H4. The fourth-order valence-electron chi connectivity index (χ4n) is 2.44. The van der Waals surface area contributed by atoms with Crippen LogP contribution in [-0.2, 0) is 9.47 Å². The highest BCUT2D eigenvalue weighted by Gasteiger charge is 2.34. The van der Waals surface area contributed by atoms with E-state index in [2.05, 4.69) is 61.0 Å². The zero-order valence-electron chi connectivity index (χ0n) is 19.3. The van der Waals surface area contributed by atoms with Crippen molar-refractivity contribution in [3.8, 4) is 46.8 Å². The molecule has 2 saturated heterocycles. The summed E-state index contributed by atoms with van der Waals surface area (Å²) in [6.07, 6.45) is 4.89. The van der Waals surface area contributed by atoms with Crippen LogP contribution in [0.25, 0.3) is 0 Å². The largest absolute Gasteiger partial charge is 0.478 e. The Balaban J connectivity index is 0.000000311. The van der Waals surface area contributed by atoms with Gasteiger partial charge in [-0.05, 0) is 71.1 Å². The number of benzene rings is 2. The van der Waals surface area contributed by atoms with Crippen LogP contribution in [0, 0.1) is 46.8 Å². The molecule has 4 N–H and O–H groups in total. The van der Waals surface area contributed by atoms with E-state index in [1.807, 2.05) is 0 Å². The minimum Gasteiger partial charge on any atom is -0.478 e. The van der Waals surface area contributed by atoms with E-state index in [9.17, 15) is 14.7 Å². The van der Waals surface area contributed by atoms with Gasteiger partial charge in [0, 0.05) is 27.1 Å². The summed E-state index contributed by atoms with van der Waals surface area (Å²) in [5.74, 6) is 13.6. The van der Waals surface area contributed by atoms with Gasteiger partial charge in [-0.25, -0.2) is 9.59 Å². The molecule has 2 fully saturated rings. The molecule has 4 rings (SSSR count). The number of terminal acetylenes is 1. The van der Waals surface area contributed by atoms with E-state index in [1.165, 1.54) is 24.3 Å². The van der Waals surface area contributed by atoms with Gasteiger partial charge >= 0.3 is 11.9 Å². The quantitative estimate of drug-likeness (QED) is 0.398. The van der Waals surface area contributed by atoms with Crippen LogP contribution in [0.1, 0.15) is 39.3 Å². The first-order valence-electron chi connectivity index (χ1n) is 10.5. The predicted octanol–water partition coefficient (Wildman–Crippen LogP) is 2.61. The minimum absolute atomic E-state index is 0. The van der Waals surface area contributed by atoms with Crippen LogP contribution in [0.15, 0.2) is 48.5 Å². The molecule has 38 heavy (non-hydrogen) atoms. The Labute approximate surface area is 229 Å². The molecule has 0 amide bonds. The average molecular weight is 581 g/mol. The van der Waals surface area contributed by atoms with Gasteiger partial charge in [-0.3, -0.25) is 0 Å². The molecular weight excluding hydrogens is 556 g/mol. The Morgan fingerprint density at radius 2 is 1.18 bits per heavy atom. The van der Waals surface area contributed by atoms with Crippen molar-refractivity contribution in [2.24, 2.45) is 0 Å². The molecule has 0 spiro atoms. The highest BCUT2D eigenvalue weighted by Crippen LogP contribution is 2.14. The SMILES string of the molecule is C.C#CC1(O)COC1.O=C(O)c1ccc(C#CBr)cc1.O=C(O)c1ccc(C#CC#CC2(O)COC2)cc1. The van der Waals surface area contributed by atoms with Gasteiger partial charge in [0.1, 0.15) is 0 Å². The number of rotatable bonds is 2. The fourth-order valence-corrected chi connectivity index (χ4v) is 2.67. The predicted molar refractivity (Wildman–Crippen MR) is 144 cm³/mol. The number of carboxylic acids is 2. The summed E-state index contributed by atoms with van der Waals surface area (Å²) in [5, 5.41) is 35.7. The van der Waals surface area contributed by atoms with Crippen molar-refractivity contribution < 1.29 is 39.5 Å². The number of hydrogen-bond acceptors (Lipinski definition) is 6. The fraction of sp³-hybridized carbons (Fsp3) is 0.241. The molecular formula is C29H25BrO8. The first-order valence-corrected chi connectivity index (χ1v) is 11.3. The van der Waals surface area contributed by atoms with Gasteiger partial charge in [0.05, 0.1) is 37.6 Å². The summed E-state index contributed by atoms with van der Waals surface area (Å²) in [6, 6.07) is 12.6. The van der Waals surface area contributed by atoms with E-state index >= 15 is 0 Å². The van der Waals surface area contributed by atoms with Crippen molar-refractivity contribution in [2.45, 2.75) is 18.6 Å². The molecule has 8 nitrogen and oxygen atoms in total. The van der Waals surface area contributed by atoms with Crippen LogP contribution in [0.2, 0.25) is 0 Å². The molecule has 0 aromatic heterocycles. The van der Waals surface area contributed by atoms with E-state index in [4.69, 9.17) is 26.5 Å². The van der Waals surface area contributed by atoms with Gasteiger partial charge < -0.3 is 29.9 Å². The average Bonchev–Trinajstić information content (AvgIpc) is 2.85. The van der Waals surface area contributed by atoms with Crippen LogP contribution >= 0.6 is 15.9 Å². The molecule has 0 aliphatic carbocycles. The molecule has 2 aromatic rings. The number of ether oxygens (including phenoxy) is 2. The van der Waals surface area contributed by atoms with Crippen LogP contribution in [0.3, 0.4) is 0 Å². The summed E-state index contributed by atoms with van der Waals surface area (Å²) in [7, 11) is 0. The maximum atomic E-state index is 10.6. The van der Waals surface area contributed by atoms with Crippen molar-refractivity contribution in [3.63, 3.8) is 0 Å². The summed E-state index contributed by atoms with van der Waals surface area (Å²) < 4.78 is 9.47. The number of aromatic carboxylic acids is 2. The molecule has 0 saturated carbocycles. The Bertz CT molecular complexity index is 1330. The van der Waals surface area contributed by atoms with Crippen molar-refractivity contribution in [3.05, 3.63) is 70.8 Å². The Kier molecular flexibility index (Phi) is 12.8.